The first-order chi connectivity index (χ1) is 8.57. The van der Waals surface area contributed by atoms with E-state index in [-0.39, 0.29) is 5.91 Å². The van der Waals surface area contributed by atoms with Crippen LogP contribution in [-0.2, 0) is 11.8 Å². The van der Waals surface area contributed by atoms with E-state index in [0.717, 1.165) is 31.0 Å². The molecule has 2 rings (SSSR count). The molecule has 1 aromatic heterocycles. The number of nitrogens with zero attached hydrogens (tertiary/aromatic N) is 3. The molecule has 7 heteroatoms. The average Bonchev–Trinajstić information content (AvgIpc) is 2.89. The lowest BCUT2D eigenvalue weighted by Gasteiger charge is -2.26. The quantitative estimate of drug-likeness (QED) is 0.802. The molecule has 1 heterocycles. The predicted molar refractivity (Wildman–Crippen MR) is 70.1 cm³/mol. The lowest BCUT2D eigenvalue weighted by atomic mass is 9.97. The van der Waals surface area contributed by atoms with Gasteiger partial charge in [0.2, 0.25) is 5.91 Å². The number of hydrogen-bond acceptors (Lipinski definition) is 5. The summed E-state index contributed by atoms with van der Waals surface area (Å²) in [4.78, 5) is 15.8. The smallest absolute Gasteiger partial charge is 0.237 e. The highest BCUT2D eigenvalue weighted by molar-refractivity contribution is 7.99. The van der Waals surface area contributed by atoms with E-state index in [1.54, 1.807) is 22.8 Å². The highest BCUT2D eigenvalue weighted by Gasteiger charge is 2.43. The Morgan fingerprint density at radius 2 is 2.56 bits per heavy atom. The van der Waals surface area contributed by atoms with E-state index < -0.39 is 5.54 Å². The summed E-state index contributed by atoms with van der Waals surface area (Å²) < 4.78 is 1.75. The van der Waals surface area contributed by atoms with Gasteiger partial charge in [0.1, 0.15) is 6.33 Å². The van der Waals surface area contributed by atoms with Crippen LogP contribution >= 0.6 is 11.8 Å². The van der Waals surface area contributed by atoms with Gasteiger partial charge in [-0.15, -0.1) is 0 Å². The standard InChI is InChI=1S/C11H19N5OS/c1-3-14-11(9(12)17)5-4-8(6-11)18-10-13-7-15-16(10)2/h7-8,14H,3-6H2,1-2H3,(H2,12,17). The molecule has 1 aromatic rings. The van der Waals surface area contributed by atoms with Crippen molar-refractivity contribution in [1.82, 2.24) is 20.1 Å². The summed E-state index contributed by atoms with van der Waals surface area (Å²) in [6, 6.07) is 0. The number of likely N-dealkylation sites (N-methyl/N-ethyl adjacent to an activating group) is 1. The van der Waals surface area contributed by atoms with E-state index in [9.17, 15) is 4.79 Å². The number of nitrogens with two attached hydrogens (primary N) is 1. The highest BCUT2D eigenvalue weighted by Crippen LogP contribution is 2.39. The van der Waals surface area contributed by atoms with Gasteiger partial charge in [-0.05, 0) is 25.8 Å². The Bertz CT molecular complexity index is 435. The molecule has 0 aromatic carbocycles. The maximum atomic E-state index is 11.6. The van der Waals surface area contributed by atoms with Crippen molar-refractivity contribution in [3.63, 3.8) is 0 Å². The molecule has 0 radical (unpaired) electrons. The molecule has 0 spiro atoms. The third-order valence-corrected chi connectivity index (χ3v) is 4.71. The SMILES string of the molecule is CCNC1(C(N)=O)CCC(Sc2ncnn2C)C1. The van der Waals surface area contributed by atoms with Crippen LogP contribution < -0.4 is 11.1 Å². The fraction of sp³-hybridized carbons (Fsp3) is 0.727. The Morgan fingerprint density at radius 3 is 3.11 bits per heavy atom. The van der Waals surface area contributed by atoms with Crippen LogP contribution in [-0.4, -0.2) is 38.0 Å². The van der Waals surface area contributed by atoms with Crippen molar-refractivity contribution in [3.8, 4) is 0 Å². The van der Waals surface area contributed by atoms with Gasteiger partial charge in [-0.3, -0.25) is 4.79 Å². The minimum atomic E-state index is -0.537. The first-order valence-corrected chi connectivity index (χ1v) is 7.01. The van der Waals surface area contributed by atoms with Gasteiger partial charge in [0.25, 0.3) is 0 Å². The summed E-state index contributed by atoms with van der Waals surface area (Å²) in [5.74, 6) is -0.245. The van der Waals surface area contributed by atoms with E-state index in [0.29, 0.717) is 5.25 Å². The van der Waals surface area contributed by atoms with Gasteiger partial charge in [-0.1, -0.05) is 18.7 Å². The number of carbonyl (C=O) groups is 1. The molecule has 2 unspecified atom stereocenters. The number of thioether (sulfide) groups is 1. The predicted octanol–water partition coefficient (Wildman–Crippen LogP) is 0.293. The topological polar surface area (TPSA) is 85.8 Å². The minimum absolute atomic E-state index is 0.245. The monoisotopic (exact) mass is 269 g/mol. The number of amides is 1. The van der Waals surface area contributed by atoms with E-state index in [1.165, 1.54) is 0 Å². The summed E-state index contributed by atoms with van der Waals surface area (Å²) in [6.07, 6.45) is 4.07. The molecule has 1 aliphatic carbocycles. The summed E-state index contributed by atoms with van der Waals surface area (Å²) >= 11 is 1.67. The van der Waals surface area contributed by atoms with Crippen LogP contribution in [0.5, 0.6) is 0 Å². The van der Waals surface area contributed by atoms with Crippen LogP contribution in [0, 0.1) is 0 Å². The first kappa shape index (κ1) is 13.4. The van der Waals surface area contributed by atoms with Gasteiger partial charge >= 0.3 is 0 Å². The number of aryl methyl sites for hydroxylation is 1. The third-order valence-electron chi connectivity index (χ3n) is 3.40. The molecule has 6 nitrogen and oxygen atoms in total. The summed E-state index contributed by atoms with van der Waals surface area (Å²) in [7, 11) is 1.87. The molecular formula is C11H19N5OS. The second kappa shape index (κ2) is 5.27. The lowest BCUT2D eigenvalue weighted by molar-refractivity contribution is -0.124. The number of carbonyl (C=O) groups excluding carboxylic acids is 1. The second-order valence-corrected chi connectivity index (χ2v) is 5.89. The molecule has 0 bridgehead atoms. The van der Waals surface area contributed by atoms with Gasteiger partial charge in [-0.2, -0.15) is 5.10 Å². The van der Waals surface area contributed by atoms with Gasteiger partial charge in [0.05, 0.1) is 5.54 Å². The summed E-state index contributed by atoms with van der Waals surface area (Å²) in [6.45, 7) is 2.75. The summed E-state index contributed by atoms with van der Waals surface area (Å²) in [5, 5.41) is 8.54. The maximum absolute atomic E-state index is 11.6. The number of rotatable bonds is 5. The molecule has 2 atom stereocenters. The highest BCUT2D eigenvalue weighted by atomic mass is 32.2. The Balaban J connectivity index is 2.03. The normalized spacial score (nSPS) is 27.6. The van der Waals surface area contributed by atoms with Crippen molar-refractivity contribution in [1.29, 1.82) is 0 Å². The third kappa shape index (κ3) is 2.51. The molecular weight excluding hydrogens is 250 g/mol. The molecule has 0 saturated heterocycles. The number of hydrogen-bond donors (Lipinski definition) is 2. The van der Waals surface area contributed by atoms with E-state index in [2.05, 4.69) is 15.4 Å². The van der Waals surface area contributed by atoms with Crippen molar-refractivity contribution in [3.05, 3.63) is 6.33 Å². The summed E-state index contributed by atoms with van der Waals surface area (Å²) in [5.41, 5.74) is 5.00. The first-order valence-electron chi connectivity index (χ1n) is 6.13. The molecule has 0 aliphatic heterocycles. The Morgan fingerprint density at radius 1 is 1.78 bits per heavy atom. The number of aromatic nitrogens is 3. The van der Waals surface area contributed by atoms with E-state index in [4.69, 9.17) is 5.73 Å². The molecule has 1 fully saturated rings. The second-order valence-electron chi connectivity index (χ2n) is 4.63. The number of primary amides is 1. The molecule has 18 heavy (non-hydrogen) atoms. The zero-order valence-corrected chi connectivity index (χ0v) is 11.5. The minimum Gasteiger partial charge on any atom is -0.368 e. The van der Waals surface area contributed by atoms with Crippen LogP contribution in [0.1, 0.15) is 26.2 Å². The van der Waals surface area contributed by atoms with E-state index in [1.807, 2.05) is 14.0 Å². The molecule has 1 saturated carbocycles. The van der Waals surface area contributed by atoms with Crippen LogP contribution in [0.25, 0.3) is 0 Å². The van der Waals surface area contributed by atoms with Crippen molar-refractivity contribution in [2.24, 2.45) is 12.8 Å². The van der Waals surface area contributed by atoms with Crippen LogP contribution in [0.15, 0.2) is 11.5 Å². The Kier molecular flexibility index (Phi) is 3.91. The van der Waals surface area contributed by atoms with Gasteiger partial charge in [-0.25, -0.2) is 9.67 Å². The molecule has 1 aliphatic rings. The van der Waals surface area contributed by atoms with Gasteiger partial charge in [0.15, 0.2) is 5.16 Å². The average molecular weight is 269 g/mol. The fourth-order valence-corrected chi connectivity index (χ4v) is 3.66. The van der Waals surface area contributed by atoms with Crippen LogP contribution in [0.4, 0.5) is 0 Å². The van der Waals surface area contributed by atoms with Gasteiger partial charge in [0, 0.05) is 12.3 Å². The molecule has 100 valence electrons. The van der Waals surface area contributed by atoms with Crippen LogP contribution in [0.3, 0.4) is 0 Å². The fourth-order valence-electron chi connectivity index (χ4n) is 2.45. The Hall–Kier alpha value is -1.08. The Labute approximate surface area is 111 Å². The zero-order valence-electron chi connectivity index (χ0n) is 10.7. The molecule has 3 N–H and O–H groups in total. The zero-order chi connectivity index (χ0) is 13.2. The lowest BCUT2D eigenvalue weighted by Crippen LogP contribution is -2.53. The van der Waals surface area contributed by atoms with Crippen molar-refractivity contribution in [2.75, 3.05) is 6.54 Å². The van der Waals surface area contributed by atoms with Crippen LogP contribution in [0.2, 0.25) is 0 Å². The van der Waals surface area contributed by atoms with Gasteiger partial charge < -0.3 is 11.1 Å². The largest absolute Gasteiger partial charge is 0.368 e. The van der Waals surface area contributed by atoms with Crippen molar-refractivity contribution >= 4 is 17.7 Å². The van der Waals surface area contributed by atoms with Crippen molar-refractivity contribution in [2.45, 2.75) is 42.1 Å². The molecule has 1 amide bonds. The maximum Gasteiger partial charge on any atom is 0.237 e. The van der Waals surface area contributed by atoms with Crippen molar-refractivity contribution < 1.29 is 4.79 Å². The number of nitrogens with one attached hydrogen (secondary N) is 1. The van der Waals surface area contributed by atoms with E-state index >= 15 is 0 Å².